The Kier molecular flexibility index (Phi) is 6.06. The molecule has 0 bridgehead atoms. The van der Waals surface area contributed by atoms with Crippen molar-refractivity contribution in [3.8, 4) is 5.75 Å². The van der Waals surface area contributed by atoms with Gasteiger partial charge in [-0.1, -0.05) is 29.3 Å². The number of primary amides is 1. The Bertz CT molecular complexity index is 748. The number of rotatable bonds is 6. The molecule has 0 aliphatic heterocycles. The molecule has 2 aromatic carbocycles. The molecule has 0 saturated carbocycles. The van der Waals surface area contributed by atoms with Crippen LogP contribution in [0.25, 0.3) is 0 Å². The highest BCUT2D eigenvalue weighted by Crippen LogP contribution is 2.26. The van der Waals surface area contributed by atoms with Gasteiger partial charge in [0.2, 0.25) is 5.91 Å². The van der Waals surface area contributed by atoms with E-state index < -0.39 is 5.91 Å². The monoisotopic (exact) mass is 366 g/mol. The van der Waals surface area contributed by atoms with Gasteiger partial charge in [0.05, 0.1) is 6.04 Å². The van der Waals surface area contributed by atoms with Gasteiger partial charge in [0, 0.05) is 15.6 Å². The van der Waals surface area contributed by atoms with Crippen molar-refractivity contribution >= 4 is 35.0 Å². The fraction of sp³-hybridized carbons (Fsp3) is 0.176. The summed E-state index contributed by atoms with van der Waals surface area (Å²) in [5.41, 5.74) is 6.29. The minimum Gasteiger partial charge on any atom is -0.484 e. The summed E-state index contributed by atoms with van der Waals surface area (Å²) in [5, 5.41) is 3.81. The summed E-state index contributed by atoms with van der Waals surface area (Å²) in [7, 11) is 0. The third-order valence-electron chi connectivity index (χ3n) is 3.32. The van der Waals surface area contributed by atoms with Crippen molar-refractivity contribution in [3.05, 3.63) is 63.6 Å². The van der Waals surface area contributed by atoms with E-state index >= 15 is 0 Å². The van der Waals surface area contributed by atoms with E-state index in [1.54, 1.807) is 30.3 Å². The molecule has 5 nitrogen and oxygen atoms in total. The number of hydrogen-bond acceptors (Lipinski definition) is 3. The average Bonchev–Trinajstić information content (AvgIpc) is 2.53. The van der Waals surface area contributed by atoms with Crippen molar-refractivity contribution < 1.29 is 14.3 Å². The van der Waals surface area contributed by atoms with Gasteiger partial charge < -0.3 is 15.8 Å². The first-order valence-corrected chi connectivity index (χ1v) is 7.89. The molecule has 0 radical (unpaired) electrons. The molecule has 0 aliphatic rings. The second-order valence-electron chi connectivity index (χ2n) is 5.13. The smallest absolute Gasteiger partial charge is 0.258 e. The maximum absolute atomic E-state index is 12.0. The Labute approximate surface area is 149 Å². The summed E-state index contributed by atoms with van der Waals surface area (Å²) in [6.45, 7) is 1.65. The van der Waals surface area contributed by atoms with Gasteiger partial charge in [-0.2, -0.15) is 0 Å². The van der Waals surface area contributed by atoms with E-state index in [-0.39, 0.29) is 18.6 Å². The minimum atomic E-state index is -0.520. The Balaban J connectivity index is 1.89. The molecule has 0 aromatic heterocycles. The highest BCUT2D eigenvalue weighted by molar-refractivity contribution is 6.35. The van der Waals surface area contributed by atoms with Crippen LogP contribution in [0.2, 0.25) is 10.0 Å². The lowest BCUT2D eigenvalue weighted by Gasteiger charge is -2.16. The first-order valence-electron chi connectivity index (χ1n) is 7.14. The van der Waals surface area contributed by atoms with E-state index in [4.69, 9.17) is 33.7 Å². The molecule has 2 aromatic rings. The normalized spacial score (nSPS) is 11.6. The lowest BCUT2D eigenvalue weighted by Crippen LogP contribution is -2.31. The van der Waals surface area contributed by atoms with E-state index in [0.29, 0.717) is 21.4 Å². The predicted molar refractivity (Wildman–Crippen MR) is 93.5 cm³/mol. The number of hydrogen-bond donors (Lipinski definition) is 2. The lowest BCUT2D eigenvalue weighted by atomic mass is 10.1. The highest BCUT2D eigenvalue weighted by Gasteiger charge is 2.13. The lowest BCUT2D eigenvalue weighted by molar-refractivity contribution is -0.123. The molecule has 2 amide bonds. The van der Waals surface area contributed by atoms with Crippen LogP contribution in [0.3, 0.4) is 0 Å². The molecule has 126 valence electrons. The van der Waals surface area contributed by atoms with E-state index in [0.717, 1.165) is 5.56 Å². The topological polar surface area (TPSA) is 81.4 Å². The third-order valence-corrected chi connectivity index (χ3v) is 3.88. The Morgan fingerprint density at radius 3 is 2.42 bits per heavy atom. The van der Waals surface area contributed by atoms with Crippen LogP contribution in [0.15, 0.2) is 42.5 Å². The van der Waals surface area contributed by atoms with Gasteiger partial charge >= 0.3 is 0 Å². The largest absolute Gasteiger partial charge is 0.484 e. The maximum Gasteiger partial charge on any atom is 0.258 e. The zero-order valence-corrected chi connectivity index (χ0v) is 14.4. The summed E-state index contributed by atoms with van der Waals surface area (Å²) in [4.78, 5) is 23.0. The van der Waals surface area contributed by atoms with Gasteiger partial charge in [0.15, 0.2) is 6.61 Å². The minimum absolute atomic E-state index is 0.161. The van der Waals surface area contributed by atoms with Crippen molar-refractivity contribution in [1.82, 2.24) is 5.32 Å². The predicted octanol–water partition coefficient (Wildman–Crippen LogP) is 3.35. The fourth-order valence-electron chi connectivity index (χ4n) is 2.08. The van der Waals surface area contributed by atoms with Crippen LogP contribution in [0.1, 0.15) is 28.9 Å². The molecule has 0 fully saturated rings. The number of benzene rings is 2. The van der Waals surface area contributed by atoms with Crippen LogP contribution in [0.4, 0.5) is 0 Å². The number of halogens is 2. The van der Waals surface area contributed by atoms with E-state index in [9.17, 15) is 9.59 Å². The van der Waals surface area contributed by atoms with Crippen LogP contribution < -0.4 is 15.8 Å². The zero-order chi connectivity index (χ0) is 17.7. The SMILES string of the molecule is C[C@@H](NC(=O)COc1ccc(C(N)=O)cc1)c1ccc(Cl)cc1Cl. The molecule has 1 atom stereocenters. The Morgan fingerprint density at radius 1 is 1.17 bits per heavy atom. The van der Waals surface area contributed by atoms with Crippen LogP contribution >= 0.6 is 23.2 Å². The van der Waals surface area contributed by atoms with Crippen molar-refractivity contribution in [3.63, 3.8) is 0 Å². The summed E-state index contributed by atoms with van der Waals surface area (Å²) in [6.07, 6.45) is 0. The maximum atomic E-state index is 12.0. The second-order valence-corrected chi connectivity index (χ2v) is 5.98. The average molecular weight is 367 g/mol. The first kappa shape index (κ1) is 18.1. The molecule has 3 N–H and O–H groups in total. The number of carbonyl (C=O) groups is 2. The molecule has 0 aliphatic carbocycles. The standard InChI is InChI=1S/C17H16Cl2N2O3/c1-10(14-7-4-12(18)8-15(14)19)21-16(22)9-24-13-5-2-11(3-6-13)17(20)23/h2-8,10H,9H2,1H3,(H2,20,23)(H,21,22)/t10-/m1/s1. The first-order chi connectivity index (χ1) is 11.4. The molecular weight excluding hydrogens is 351 g/mol. The number of nitrogens with two attached hydrogens (primary N) is 1. The quantitative estimate of drug-likeness (QED) is 0.822. The van der Waals surface area contributed by atoms with Crippen LogP contribution in [-0.4, -0.2) is 18.4 Å². The van der Waals surface area contributed by atoms with Gasteiger partial charge in [0.1, 0.15) is 5.75 Å². The molecule has 7 heteroatoms. The second kappa shape index (κ2) is 8.04. The Morgan fingerprint density at radius 2 is 1.83 bits per heavy atom. The Hall–Kier alpha value is -2.24. The van der Waals surface area contributed by atoms with Gasteiger partial charge in [-0.3, -0.25) is 9.59 Å². The number of ether oxygens (including phenoxy) is 1. The summed E-state index contributed by atoms with van der Waals surface area (Å²) in [5.74, 6) is -0.354. The fourth-order valence-corrected chi connectivity index (χ4v) is 2.65. The van der Waals surface area contributed by atoms with Gasteiger partial charge in [-0.25, -0.2) is 0 Å². The molecule has 24 heavy (non-hydrogen) atoms. The van der Waals surface area contributed by atoms with E-state index in [1.165, 1.54) is 12.1 Å². The van der Waals surface area contributed by atoms with Gasteiger partial charge in [-0.05, 0) is 48.9 Å². The number of nitrogens with one attached hydrogen (secondary N) is 1. The molecule has 2 rings (SSSR count). The van der Waals surface area contributed by atoms with Crippen molar-refractivity contribution in [1.29, 1.82) is 0 Å². The van der Waals surface area contributed by atoms with Crippen molar-refractivity contribution in [2.24, 2.45) is 5.73 Å². The third kappa shape index (κ3) is 4.88. The van der Waals surface area contributed by atoms with Crippen LogP contribution in [-0.2, 0) is 4.79 Å². The summed E-state index contributed by atoms with van der Waals surface area (Å²) < 4.78 is 5.37. The van der Waals surface area contributed by atoms with Gasteiger partial charge in [0.25, 0.3) is 5.91 Å². The molecule has 0 spiro atoms. The molecule has 0 heterocycles. The molecular formula is C17H16Cl2N2O3. The molecule has 0 unspecified atom stereocenters. The van der Waals surface area contributed by atoms with Crippen molar-refractivity contribution in [2.75, 3.05) is 6.61 Å². The van der Waals surface area contributed by atoms with E-state index in [2.05, 4.69) is 5.32 Å². The van der Waals surface area contributed by atoms with E-state index in [1.807, 2.05) is 6.92 Å². The number of amides is 2. The zero-order valence-electron chi connectivity index (χ0n) is 12.9. The van der Waals surface area contributed by atoms with Crippen LogP contribution in [0, 0.1) is 0 Å². The summed E-state index contributed by atoms with van der Waals surface area (Å²) in [6, 6.07) is 11.0. The number of carbonyl (C=O) groups excluding carboxylic acids is 2. The summed E-state index contributed by atoms with van der Waals surface area (Å²) >= 11 is 12.0. The van der Waals surface area contributed by atoms with Crippen LogP contribution in [0.5, 0.6) is 5.75 Å². The highest BCUT2D eigenvalue weighted by atomic mass is 35.5. The molecule has 0 saturated heterocycles. The van der Waals surface area contributed by atoms with Crippen molar-refractivity contribution in [2.45, 2.75) is 13.0 Å². The van der Waals surface area contributed by atoms with Gasteiger partial charge in [-0.15, -0.1) is 0 Å².